The van der Waals surface area contributed by atoms with Gasteiger partial charge < -0.3 is 20.0 Å². The molecule has 3 aliphatic heterocycles. The number of hydrazine groups is 1. The Kier molecular flexibility index (Phi) is 5.62. The van der Waals surface area contributed by atoms with E-state index in [1.165, 1.54) is 41.6 Å². The Hall–Kier alpha value is -3.24. The predicted octanol–water partition coefficient (Wildman–Crippen LogP) is 2.81. The fourth-order valence-electron chi connectivity index (χ4n) is 4.06. The molecule has 3 aliphatic rings. The highest BCUT2D eigenvalue weighted by molar-refractivity contribution is 8.14. The zero-order chi connectivity index (χ0) is 22.1. The van der Waals surface area contributed by atoms with Crippen molar-refractivity contribution in [2.75, 3.05) is 18.2 Å². The number of hydrogen-bond acceptors (Lipinski definition) is 8. The number of hydrazone groups is 1. The molecule has 1 fully saturated rings. The minimum Gasteiger partial charge on any atom is -0.497 e. The van der Waals surface area contributed by atoms with Crippen LogP contribution in [0.15, 0.2) is 66.0 Å². The van der Waals surface area contributed by atoms with Gasteiger partial charge in [0, 0.05) is 18.1 Å². The second-order valence-electron chi connectivity index (χ2n) is 7.68. The number of rotatable bonds is 5. The summed E-state index contributed by atoms with van der Waals surface area (Å²) in [7, 11) is 1.66. The van der Waals surface area contributed by atoms with Crippen molar-refractivity contribution in [1.82, 2.24) is 20.8 Å². The summed E-state index contributed by atoms with van der Waals surface area (Å²) in [6.45, 7) is 0. The molecule has 1 amide bonds. The number of ether oxygens (including phenoxy) is 1. The topological polar surface area (TPSA) is 81.2 Å². The number of carbonyl (C=O) groups is 1. The number of anilines is 1. The molecule has 3 N–H and O–H groups in total. The van der Waals surface area contributed by atoms with Crippen molar-refractivity contribution in [1.29, 1.82) is 0 Å². The van der Waals surface area contributed by atoms with E-state index in [0.29, 0.717) is 5.69 Å². The maximum absolute atomic E-state index is 13.0. The predicted molar refractivity (Wildman–Crippen MR) is 122 cm³/mol. The van der Waals surface area contributed by atoms with Crippen molar-refractivity contribution in [3.63, 3.8) is 0 Å². The lowest BCUT2D eigenvalue weighted by atomic mass is 10.00. The minimum atomic E-state index is -0.337. The molecule has 2 aromatic carbocycles. The van der Waals surface area contributed by atoms with Gasteiger partial charge in [-0.25, -0.2) is 9.82 Å². The van der Waals surface area contributed by atoms with Crippen LogP contribution in [-0.2, 0) is 4.79 Å². The molecule has 10 heteroatoms. The molecule has 0 bridgehead atoms. The van der Waals surface area contributed by atoms with Gasteiger partial charge in [-0.3, -0.25) is 10.2 Å². The Balaban J connectivity index is 1.17. The Bertz CT molecular complexity index is 1050. The number of halogens is 1. The molecular formula is C22H23FN6O2S. The van der Waals surface area contributed by atoms with Gasteiger partial charge in [0.15, 0.2) is 5.17 Å². The molecule has 3 heterocycles. The van der Waals surface area contributed by atoms with Gasteiger partial charge >= 0.3 is 0 Å². The van der Waals surface area contributed by atoms with Crippen LogP contribution in [0.4, 0.5) is 10.1 Å². The Morgan fingerprint density at radius 2 is 2.00 bits per heavy atom. The van der Waals surface area contributed by atoms with Gasteiger partial charge in [0.1, 0.15) is 17.7 Å². The molecule has 1 saturated heterocycles. The number of nitrogens with zero attached hydrogens (tertiary/aromatic N) is 3. The standard InChI is InChI=1S/C22H23FN6O2S/c1-31-17-8-2-14(3-9-17)18-12-19-21-25-26-22(28(21)10-11-29(19)27-18)32-13-20(30)24-16-6-4-15(23)5-7-16/h2-11,18-19,21,25,27H,12-13H2,1H3,(H,24,30). The van der Waals surface area contributed by atoms with E-state index >= 15 is 0 Å². The Morgan fingerprint density at radius 3 is 2.75 bits per heavy atom. The van der Waals surface area contributed by atoms with Crippen LogP contribution in [0.1, 0.15) is 18.0 Å². The minimum absolute atomic E-state index is 0.0154. The maximum Gasteiger partial charge on any atom is 0.234 e. The summed E-state index contributed by atoms with van der Waals surface area (Å²) in [6, 6.07) is 14.2. The first-order valence-electron chi connectivity index (χ1n) is 10.3. The highest BCUT2D eigenvalue weighted by atomic mass is 32.2. The number of thioether (sulfide) groups is 1. The first kappa shape index (κ1) is 20.7. The molecule has 166 valence electrons. The van der Waals surface area contributed by atoms with Crippen molar-refractivity contribution >= 4 is 28.5 Å². The Labute approximate surface area is 189 Å². The molecule has 3 atom stereocenters. The summed E-state index contributed by atoms with van der Waals surface area (Å²) in [6.07, 6.45) is 4.86. The zero-order valence-corrected chi connectivity index (χ0v) is 18.2. The number of carbonyl (C=O) groups excluding carboxylic acids is 1. The zero-order valence-electron chi connectivity index (χ0n) is 17.4. The van der Waals surface area contributed by atoms with Gasteiger partial charge in [-0.2, -0.15) is 5.10 Å². The molecule has 0 aromatic heterocycles. The van der Waals surface area contributed by atoms with Crippen LogP contribution in [0.3, 0.4) is 0 Å². The van der Waals surface area contributed by atoms with Crippen molar-refractivity contribution < 1.29 is 13.9 Å². The lowest BCUT2D eigenvalue weighted by Crippen LogP contribution is -2.54. The first-order chi connectivity index (χ1) is 15.6. The monoisotopic (exact) mass is 454 g/mol. The second-order valence-corrected chi connectivity index (χ2v) is 8.63. The van der Waals surface area contributed by atoms with Crippen molar-refractivity contribution in [3.8, 4) is 5.75 Å². The second kappa shape index (κ2) is 8.71. The van der Waals surface area contributed by atoms with E-state index in [0.717, 1.165) is 17.3 Å². The molecule has 0 aliphatic carbocycles. The third-order valence-corrected chi connectivity index (χ3v) is 6.65. The molecule has 0 spiro atoms. The first-order valence-corrected chi connectivity index (χ1v) is 11.3. The quantitative estimate of drug-likeness (QED) is 0.641. The molecule has 32 heavy (non-hydrogen) atoms. The Morgan fingerprint density at radius 1 is 1.22 bits per heavy atom. The summed E-state index contributed by atoms with van der Waals surface area (Å²) in [5, 5.41) is 10.1. The van der Waals surface area contributed by atoms with E-state index in [2.05, 4.69) is 43.3 Å². The fourth-order valence-corrected chi connectivity index (χ4v) is 4.84. The van der Waals surface area contributed by atoms with E-state index < -0.39 is 0 Å². The lowest BCUT2D eigenvalue weighted by Gasteiger charge is -2.36. The van der Waals surface area contributed by atoms with Crippen LogP contribution in [-0.4, -0.2) is 46.1 Å². The number of methoxy groups -OCH3 is 1. The number of amides is 1. The smallest absolute Gasteiger partial charge is 0.234 e. The molecule has 3 unspecified atom stereocenters. The van der Waals surface area contributed by atoms with Crippen LogP contribution in [0, 0.1) is 5.82 Å². The van der Waals surface area contributed by atoms with E-state index in [1.807, 2.05) is 24.5 Å². The van der Waals surface area contributed by atoms with Gasteiger partial charge in [-0.15, -0.1) is 0 Å². The van der Waals surface area contributed by atoms with Crippen LogP contribution in [0.5, 0.6) is 5.75 Å². The average Bonchev–Trinajstić information content (AvgIpc) is 3.43. The highest BCUT2D eigenvalue weighted by Crippen LogP contribution is 2.35. The summed E-state index contributed by atoms with van der Waals surface area (Å²) >= 11 is 1.36. The van der Waals surface area contributed by atoms with Gasteiger partial charge in [0.2, 0.25) is 5.91 Å². The van der Waals surface area contributed by atoms with E-state index in [1.54, 1.807) is 7.11 Å². The summed E-state index contributed by atoms with van der Waals surface area (Å²) in [5.74, 6) is 0.538. The molecular weight excluding hydrogens is 431 g/mol. The summed E-state index contributed by atoms with van der Waals surface area (Å²) < 4.78 is 18.3. The van der Waals surface area contributed by atoms with Crippen molar-refractivity contribution in [3.05, 3.63) is 72.3 Å². The van der Waals surface area contributed by atoms with Gasteiger partial charge in [0.25, 0.3) is 0 Å². The number of hydrogen-bond donors (Lipinski definition) is 3. The van der Waals surface area contributed by atoms with E-state index in [4.69, 9.17) is 4.74 Å². The van der Waals surface area contributed by atoms with Crippen LogP contribution >= 0.6 is 11.8 Å². The number of amidine groups is 1. The molecule has 5 rings (SSSR count). The SMILES string of the molecule is COc1ccc(C2CC3C4NN=C(SCC(=O)Nc5ccc(F)cc5)N4C=CN3N2)cc1. The fraction of sp³-hybridized carbons (Fsp3) is 0.273. The maximum atomic E-state index is 13.0. The number of nitrogens with one attached hydrogen (secondary N) is 3. The molecule has 2 aromatic rings. The van der Waals surface area contributed by atoms with Gasteiger partial charge in [-0.05, 0) is 48.4 Å². The largest absolute Gasteiger partial charge is 0.497 e. The summed E-state index contributed by atoms with van der Waals surface area (Å²) in [5.41, 5.74) is 8.53. The van der Waals surface area contributed by atoms with Crippen LogP contribution in [0.2, 0.25) is 0 Å². The average molecular weight is 455 g/mol. The van der Waals surface area contributed by atoms with Crippen molar-refractivity contribution in [2.45, 2.75) is 24.7 Å². The third kappa shape index (κ3) is 4.11. The van der Waals surface area contributed by atoms with Crippen LogP contribution in [0.25, 0.3) is 0 Å². The molecule has 0 radical (unpaired) electrons. The lowest BCUT2D eigenvalue weighted by molar-refractivity contribution is -0.113. The molecule has 0 saturated carbocycles. The summed E-state index contributed by atoms with van der Waals surface area (Å²) in [4.78, 5) is 14.3. The normalized spacial score (nSPS) is 23.3. The molecule has 8 nitrogen and oxygen atoms in total. The van der Waals surface area contributed by atoms with Crippen LogP contribution < -0.4 is 20.9 Å². The highest BCUT2D eigenvalue weighted by Gasteiger charge is 2.44. The van der Waals surface area contributed by atoms with E-state index in [9.17, 15) is 9.18 Å². The number of benzene rings is 2. The van der Waals surface area contributed by atoms with Gasteiger partial charge in [-0.1, -0.05) is 23.9 Å². The third-order valence-electron chi connectivity index (χ3n) is 5.68. The van der Waals surface area contributed by atoms with Crippen molar-refractivity contribution in [2.24, 2.45) is 5.10 Å². The number of fused-ring (bicyclic) bond motifs is 3. The van der Waals surface area contributed by atoms with Gasteiger partial charge in [0.05, 0.1) is 24.9 Å². The van der Waals surface area contributed by atoms with E-state index in [-0.39, 0.29) is 35.7 Å².